The van der Waals surface area contributed by atoms with Crippen LogP contribution in [0.4, 0.5) is 0 Å². The molecule has 1 saturated heterocycles. The molecule has 0 unspecified atom stereocenters. The van der Waals surface area contributed by atoms with Gasteiger partial charge in [-0.2, -0.15) is 0 Å². The fraction of sp³-hybridized carbons (Fsp3) is 0.444. The van der Waals surface area contributed by atoms with Crippen LogP contribution in [-0.2, 0) is 16.1 Å². The van der Waals surface area contributed by atoms with E-state index >= 15 is 0 Å². The van der Waals surface area contributed by atoms with Gasteiger partial charge in [-0.15, -0.1) is 11.3 Å². The van der Waals surface area contributed by atoms with E-state index < -0.39 is 0 Å². The molecule has 0 aliphatic carbocycles. The number of benzene rings is 1. The number of nitrogens with zero attached hydrogens (tertiary/aromatic N) is 1. The molecular weight excluding hydrogens is 376 g/mol. The van der Waals surface area contributed by atoms with Crippen molar-refractivity contribution < 1.29 is 19.0 Å². The van der Waals surface area contributed by atoms with Crippen molar-refractivity contribution in [2.75, 3.05) is 33.0 Å². The number of hydrogen-bond acceptors (Lipinski definition) is 6. The van der Waals surface area contributed by atoms with E-state index in [-0.39, 0.29) is 5.91 Å². The largest absolute Gasteiger partial charge is 0.486 e. The maximum absolute atomic E-state index is 12.1. The molecule has 1 aliphatic heterocycles. The van der Waals surface area contributed by atoms with Gasteiger partial charge >= 0.3 is 0 Å². The highest BCUT2D eigenvalue weighted by Gasteiger charge is 2.15. The summed E-state index contributed by atoms with van der Waals surface area (Å²) in [7, 11) is 0. The third kappa shape index (κ3) is 5.95. The SMILES string of the molecule is O=C(NCCOC[C@@H]1CCOC1)c1csc(COc2ccc(Cl)cc2)n1. The van der Waals surface area contributed by atoms with Crippen molar-refractivity contribution in [2.45, 2.75) is 13.0 Å². The lowest BCUT2D eigenvalue weighted by atomic mass is 10.1. The Kier molecular flexibility index (Phi) is 7.25. The Hall–Kier alpha value is -1.67. The molecule has 0 spiro atoms. The fourth-order valence-corrected chi connectivity index (χ4v) is 3.26. The Balaban J connectivity index is 1.35. The average molecular weight is 397 g/mol. The lowest BCUT2D eigenvalue weighted by Gasteiger charge is -2.09. The van der Waals surface area contributed by atoms with Crippen LogP contribution in [0.1, 0.15) is 21.9 Å². The highest BCUT2D eigenvalue weighted by molar-refractivity contribution is 7.09. The molecule has 2 aromatic rings. The minimum absolute atomic E-state index is 0.202. The Morgan fingerprint density at radius 2 is 2.23 bits per heavy atom. The summed E-state index contributed by atoms with van der Waals surface area (Å²) >= 11 is 7.23. The van der Waals surface area contributed by atoms with Gasteiger partial charge in [0.2, 0.25) is 0 Å². The van der Waals surface area contributed by atoms with Gasteiger partial charge in [0.25, 0.3) is 5.91 Å². The summed E-state index contributed by atoms with van der Waals surface area (Å²) in [5.74, 6) is 0.986. The standard InChI is InChI=1S/C18H21ClN2O4S/c19-14-1-3-15(4-2-14)25-11-17-21-16(12-26-17)18(22)20-6-8-24-10-13-5-7-23-9-13/h1-4,12-13H,5-11H2,(H,20,22)/t13-/m1/s1. The Labute approximate surface area is 161 Å². The average Bonchev–Trinajstić information content (AvgIpc) is 3.33. The van der Waals surface area contributed by atoms with E-state index in [1.54, 1.807) is 29.6 Å². The first-order valence-corrected chi connectivity index (χ1v) is 9.73. The Bertz CT molecular complexity index is 701. The number of carbonyl (C=O) groups is 1. The van der Waals surface area contributed by atoms with Crippen molar-refractivity contribution in [1.82, 2.24) is 10.3 Å². The Morgan fingerprint density at radius 3 is 3.00 bits per heavy atom. The van der Waals surface area contributed by atoms with Gasteiger partial charge in [-0.1, -0.05) is 11.6 Å². The zero-order valence-electron chi connectivity index (χ0n) is 14.3. The maximum atomic E-state index is 12.1. The molecule has 6 nitrogen and oxygen atoms in total. The second kappa shape index (κ2) is 9.87. The lowest BCUT2D eigenvalue weighted by molar-refractivity contribution is 0.0821. The molecule has 2 heterocycles. The van der Waals surface area contributed by atoms with Crippen LogP contribution >= 0.6 is 22.9 Å². The first-order valence-electron chi connectivity index (χ1n) is 8.47. The molecule has 1 aromatic heterocycles. The van der Waals surface area contributed by atoms with Crippen LogP contribution < -0.4 is 10.1 Å². The molecule has 1 aliphatic rings. The van der Waals surface area contributed by atoms with Crippen LogP contribution in [0.5, 0.6) is 5.75 Å². The van der Waals surface area contributed by atoms with Crippen LogP contribution in [-0.4, -0.2) is 43.9 Å². The number of halogens is 1. The summed E-state index contributed by atoms with van der Waals surface area (Å²) in [6, 6.07) is 7.11. The van der Waals surface area contributed by atoms with E-state index in [1.165, 1.54) is 11.3 Å². The summed E-state index contributed by atoms with van der Waals surface area (Å²) < 4.78 is 16.5. The zero-order valence-corrected chi connectivity index (χ0v) is 15.9. The summed E-state index contributed by atoms with van der Waals surface area (Å²) in [6.07, 6.45) is 1.05. The highest BCUT2D eigenvalue weighted by Crippen LogP contribution is 2.18. The number of carbonyl (C=O) groups excluding carboxylic acids is 1. The number of aromatic nitrogens is 1. The second-order valence-corrected chi connectivity index (χ2v) is 7.31. The Morgan fingerprint density at radius 1 is 1.38 bits per heavy atom. The third-order valence-corrected chi connectivity index (χ3v) is 4.94. The summed E-state index contributed by atoms with van der Waals surface area (Å²) in [6.45, 7) is 3.52. The van der Waals surface area contributed by atoms with E-state index in [9.17, 15) is 4.79 Å². The van der Waals surface area contributed by atoms with Crippen molar-refractivity contribution in [3.8, 4) is 5.75 Å². The van der Waals surface area contributed by atoms with Crippen LogP contribution in [0, 0.1) is 5.92 Å². The number of rotatable bonds is 9. The minimum Gasteiger partial charge on any atom is -0.486 e. The van der Waals surface area contributed by atoms with Gasteiger partial charge in [0.1, 0.15) is 23.1 Å². The van der Waals surface area contributed by atoms with Gasteiger partial charge in [0.05, 0.1) is 19.8 Å². The van der Waals surface area contributed by atoms with E-state index in [0.717, 1.165) is 24.6 Å². The molecule has 0 bridgehead atoms. The number of thiazole rings is 1. The van der Waals surface area contributed by atoms with E-state index in [0.29, 0.717) is 48.7 Å². The van der Waals surface area contributed by atoms with E-state index in [1.807, 2.05) is 0 Å². The van der Waals surface area contributed by atoms with Crippen molar-refractivity contribution >= 4 is 28.8 Å². The van der Waals surface area contributed by atoms with Crippen molar-refractivity contribution in [1.29, 1.82) is 0 Å². The second-order valence-electron chi connectivity index (χ2n) is 5.93. The molecule has 0 saturated carbocycles. The zero-order chi connectivity index (χ0) is 18.2. The number of nitrogens with one attached hydrogen (secondary N) is 1. The summed E-state index contributed by atoms with van der Waals surface area (Å²) in [4.78, 5) is 16.4. The number of hydrogen-bond donors (Lipinski definition) is 1. The molecule has 8 heteroatoms. The topological polar surface area (TPSA) is 69.7 Å². The van der Waals surface area contributed by atoms with Gasteiger partial charge in [-0.05, 0) is 30.7 Å². The van der Waals surface area contributed by atoms with Gasteiger partial charge in [0.15, 0.2) is 0 Å². The van der Waals surface area contributed by atoms with Crippen LogP contribution in [0.2, 0.25) is 5.02 Å². The van der Waals surface area contributed by atoms with Gasteiger partial charge in [-0.3, -0.25) is 4.79 Å². The van der Waals surface area contributed by atoms with Gasteiger partial charge in [0, 0.05) is 29.5 Å². The predicted octanol–water partition coefficient (Wildman–Crippen LogP) is 3.16. The monoisotopic (exact) mass is 396 g/mol. The molecule has 1 fully saturated rings. The molecule has 140 valence electrons. The first-order chi connectivity index (χ1) is 12.7. The van der Waals surface area contributed by atoms with Crippen molar-refractivity contribution in [2.24, 2.45) is 5.92 Å². The van der Waals surface area contributed by atoms with Crippen LogP contribution in [0.25, 0.3) is 0 Å². The van der Waals surface area contributed by atoms with Crippen molar-refractivity contribution in [3.05, 3.63) is 45.4 Å². The quantitative estimate of drug-likeness (QED) is 0.659. The highest BCUT2D eigenvalue weighted by atomic mass is 35.5. The smallest absolute Gasteiger partial charge is 0.270 e. The molecule has 26 heavy (non-hydrogen) atoms. The summed E-state index contributed by atoms with van der Waals surface area (Å²) in [5.41, 5.74) is 0.397. The number of amides is 1. The van der Waals surface area contributed by atoms with E-state index in [2.05, 4.69) is 10.3 Å². The third-order valence-electron chi connectivity index (χ3n) is 3.87. The predicted molar refractivity (Wildman–Crippen MR) is 100.0 cm³/mol. The molecule has 1 atom stereocenters. The fourth-order valence-electron chi connectivity index (χ4n) is 2.45. The first kappa shape index (κ1) is 19.1. The molecule has 1 amide bonds. The van der Waals surface area contributed by atoms with Crippen LogP contribution in [0.15, 0.2) is 29.6 Å². The molecule has 1 aromatic carbocycles. The molecule has 0 radical (unpaired) electrons. The molecular formula is C18H21ClN2O4S. The van der Waals surface area contributed by atoms with Crippen molar-refractivity contribution in [3.63, 3.8) is 0 Å². The maximum Gasteiger partial charge on any atom is 0.270 e. The number of ether oxygens (including phenoxy) is 3. The minimum atomic E-state index is -0.202. The van der Waals surface area contributed by atoms with Gasteiger partial charge < -0.3 is 19.5 Å². The molecule has 1 N–H and O–H groups in total. The van der Waals surface area contributed by atoms with Gasteiger partial charge in [-0.25, -0.2) is 4.98 Å². The van der Waals surface area contributed by atoms with Crippen LogP contribution in [0.3, 0.4) is 0 Å². The summed E-state index contributed by atoms with van der Waals surface area (Å²) in [5, 5.41) is 5.94. The normalized spacial score (nSPS) is 16.6. The van der Waals surface area contributed by atoms with E-state index in [4.69, 9.17) is 25.8 Å². The lowest BCUT2D eigenvalue weighted by Crippen LogP contribution is -2.28. The molecule has 3 rings (SSSR count).